The molecule has 0 radical (unpaired) electrons. The summed E-state index contributed by atoms with van der Waals surface area (Å²) in [6.45, 7) is 4.64. The minimum Gasteiger partial charge on any atom is -0.381 e. The van der Waals surface area contributed by atoms with E-state index in [1.807, 2.05) is 0 Å². The van der Waals surface area contributed by atoms with Crippen LogP contribution in [0.1, 0.15) is 25.7 Å². The number of rotatable bonds is 1. The molecule has 0 aliphatic carbocycles. The molecule has 2 heteroatoms. The lowest BCUT2D eigenvalue weighted by atomic mass is 9.80. The second-order valence-electron chi connectivity index (χ2n) is 4.59. The van der Waals surface area contributed by atoms with Crippen LogP contribution >= 0.6 is 0 Å². The molecule has 76 valence electrons. The lowest BCUT2D eigenvalue weighted by molar-refractivity contribution is 0.0329. The van der Waals surface area contributed by atoms with Gasteiger partial charge in [0.2, 0.25) is 0 Å². The zero-order chi connectivity index (χ0) is 9.10. The molecule has 0 spiro atoms. The zero-order valence-corrected chi connectivity index (χ0v) is 8.67. The molecule has 2 saturated heterocycles. The summed E-state index contributed by atoms with van der Waals surface area (Å²) in [7, 11) is 2.24. The molecule has 0 aromatic rings. The highest BCUT2D eigenvalue weighted by Crippen LogP contribution is 2.31. The van der Waals surface area contributed by atoms with E-state index in [9.17, 15) is 0 Å². The lowest BCUT2D eigenvalue weighted by Crippen LogP contribution is -2.35. The normalized spacial score (nSPS) is 29.3. The Hall–Kier alpha value is -0.0800. The van der Waals surface area contributed by atoms with Gasteiger partial charge >= 0.3 is 0 Å². The highest BCUT2D eigenvalue weighted by molar-refractivity contribution is 4.78. The minimum absolute atomic E-state index is 0.974. The monoisotopic (exact) mass is 183 g/mol. The molecule has 2 aliphatic heterocycles. The third kappa shape index (κ3) is 2.44. The van der Waals surface area contributed by atoms with Crippen LogP contribution in [-0.2, 0) is 4.74 Å². The fourth-order valence-corrected chi connectivity index (χ4v) is 2.69. The van der Waals surface area contributed by atoms with Crippen molar-refractivity contribution in [3.05, 3.63) is 0 Å². The maximum absolute atomic E-state index is 5.40. The molecule has 0 amide bonds. The number of piperidine rings is 1. The van der Waals surface area contributed by atoms with E-state index < -0.39 is 0 Å². The van der Waals surface area contributed by atoms with Gasteiger partial charge in [-0.1, -0.05) is 0 Å². The molecule has 0 aromatic carbocycles. The van der Waals surface area contributed by atoms with Gasteiger partial charge in [-0.15, -0.1) is 0 Å². The molecule has 13 heavy (non-hydrogen) atoms. The van der Waals surface area contributed by atoms with E-state index in [0.717, 1.165) is 25.0 Å². The van der Waals surface area contributed by atoms with Crippen LogP contribution in [0, 0.1) is 11.8 Å². The number of nitrogens with zero attached hydrogens (tertiary/aromatic N) is 1. The van der Waals surface area contributed by atoms with E-state index in [-0.39, 0.29) is 0 Å². The molecule has 0 atom stereocenters. The maximum Gasteiger partial charge on any atom is 0.0468 e. The lowest BCUT2D eigenvalue weighted by Gasteiger charge is -2.36. The number of hydrogen-bond donors (Lipinski definition) is 0. The molecular formula is C11H21NO. The van der Waals surface area contributed by atoms with Crippen LogP contribution in [0.2, 0.25) is 0 Å². The van der Waals surface area contributed by atoms with Gasteiger partial charge < -0.3 is 9.64 Å². The summed E-state index contributed by atoms with van der Waals surface area (Å²) in [6.07, 6.45) is 5.46. The third-order valence-electron chi connectivity index (χ3n) is 3.70. The summed E-state index contributed by atoms with van der Waals surface area (Å²) in [4.78, 5) is 2.45. The van der Waals surface area contributed by atoms with Crippen LogP contribution < -0.4 is 0 Å². The number of ether oxygens (including phenoxy) is 1. The first-order valence-corrected chi connectivity index (χ1v) is 5.62. The van der Waals surface area contributed by atoms with Crippen molar-refractivity contribution in [3.8, 4) is 0 Å². The Balaban J connectivity index is 1.79. The Kier molecular flexibility index (Phi) is 3.23. The van der Waals surface area contributed by atoms with Crippen LogP contribution in [0.5, 0.6) is 0 Å². The van der Waals surface area contributed by atoms with Gasteiger partial charge in [0, 0.05) is 13.2 Å². The molecule has 0 aromatic heterocycles. The number of hydrogen-bond acceptors (Lipinski definition) is 2. The second kappa shape index (κ2) is 4.43. The maximum atomic E-state index is 5.40. The first kappa shape index (κ1) is 9.47. The van der Waals surface area contributed by atoms with E-state index in [1.54, 1.807) is 0 Å². The van der Waals surface area contributed by atoms with Gasteiger partial charge in [0.05, 0.1) is 0 Å². The topological polar surface area (TPSA) is 12.5 Å². The zero-order valence-electron chi connectivity index (χ0n) is 8.67. The van der Waals surface area contributed by atoms with Crippen molar-refractivity contribution in [2.45, 2.75) is 25.7 Å². The Morgan fingerprint density at radius 1 is 0.923 bits per heavy atom. The predicted octanol–water partition coefficient (Wildman–Crippen LogP) is 1.75. The molecule has 2 nitrogen and oxygen atoms in total. The molecule has 0 unspecified atom stereocenters. The van der Waals surface area contributed by atoms with Gasteiger partial charge in [0.15, 0.2) is 0 Å². The molecule has 2 fully saturated rings. The fourth-order valence-electron chi connectivity index (χ4n) is 2.69. The Morgan fingerprint density at radius 2 is 1.46 bits per heavy atom. The van der Waals surface area contributed by atoms with Crippen LogP contribution in [0.25, 0.3) is 0 Å². The van der Waals surface area contributed by atoms with E-state index in [0.29, 0.717) is 0 Å². The third-order valence-corrected chi connectivity index (χ3v) is 3.70. The smallest absolute Gasteiger partial charge is 0.0468 e. The van der Waals surface area contributed by atoms with Crippen LogP contribution in [0.4, 0.5) is 0 Å². The molecule has 0 bridgehead atoms. The summed E-state index contributed by atoms with van der Waals surface area (Å²) in [6, 6.07) is 0. The second-order valence-corrected chi connectivity index (χ2v) is 4.59. The van der Waals surface area contributed by atoms with E-state index in [1.165, 1.54) is 38.8 Å². The van der Waals surface area contributed by atoms with E-state index in [2.05, 4.69) is 11.9 Å². The summed E-state index contributed by atoms with van der Waals surface area (Å²) in [5, 5.41) is 0. The van der Waals surface area contributed by atoms with Gasteiger partial charge in [-0.2, -0.15) is 0 Å². The summed E-state index contributed by atoms with van der Waals surface area (Å²) >= 11 is 0. The van der Waals surface area contributed by atoms with Crippen LogP contribution in [0.15, 0.2) is 0 Å². The average Bonchev–Trinajstić information content (AvgIpc) is 2.20. The quantitative estimate of drug-likeness (QED) is 0.614. The fraction of sp³-hybridized carbons (Fsp3) is 1.00. The van der Waals surface area contributed by atoms with E-state index in [4.69, 9.17) is 4.74 Å². The van der Waals surface area contributed by atoms with Crippen molar-refractivity contribution >= 4 is 0 Å². The first-order valence-electron chi connectivity index (χ1n) is 5.62. The van der Waals surface area contributed by atoms with Crippen molar-refractivity contribution in [1.82, 2.24) is 4.90 Å². The SMILES string of the molecule is CN1CCC(C2CCOCC2)CC1. The summed E-state index contributed by atoms with van der Waals surface area (Å²) < 4.78 is 5.40. The van der Waals surface area contributed by atoms with Crippen molar-refractivity contribution in [2.75, 3.05) is 33.4 Å². The molecule has 2 rings (SSSR count). The number of likely N-dealkylation sites (tertiary alicyclic amines) is 1. The standard InChI is InChI=1S/C11H21NO/c1-12-6-2-10(3-7-12)11-4-8-13-9-5-11/h10-11H,2-9H2,1H3. The Bertz CT molecular complexity index is 146. The molecule has 2 aliphatic rings. The van der Waals surface area contributed by atoms with Crippen molar-refractivity contribution < 1.29 is 4.74 Å². The van der Waals surface area contributed by atoms with Crippen molar-refractivity contribution in [1.29, 1.82) is 0 Å². The first-order chi connectivity index (χ1) is 6.36. The van der Waals surface area contributed by atoms with Gasteiger partial charge in [0.25, 0.3) is 0 Å². The predicted molar refractivity (Wildman–Crippen MR) is 53.8 cm³/mol. The van der Waals surface area contributed by atoms with E-state index >= 15 is 0 Å². The Labute approximate surface area is 81.3 Å². The highest BCUT2D eigenvalue weighted by atomic mass is 16.5. The molecular weight excluding hydrogens is 162 g/mol. The summed E-state index contributed by atoms with van der Waals surface area (Å²) in [5.41, 5.74) is 0. The Morgan fingerprint density at radius 3 is 2.08 bits per heavy atom. The van der Waals surface area contributed by atoms with Gasteiger partial charge in [0.1, 0.15) is 0 Å². The highest BCUT2D eigenvalue weighted by Gasteiger charge is 2.26. The molecule has 0 N–H and O–H groups in total. The van der Waals surface area contributed by atoms with Crippen molar-refractivity contribution in [2.24, 2.45) is 11.8 Å². The minimum atomic E-state index is 0.974. The van der Waals surface area contributed by atoms with Gasteiger partial charge in [-0.25, -0.2) is 0 Å². The van der Waals surface area contributed by atoms with Crippen LogP contribution in [0.3, 0.4) is 0 Å². The molecule has 2 heterocycles. The largest absolute Gasteiger partial charge is 0.381 e. The molecule has 0 saturated carbocycles. The van der Waals surface area contributed by atoms with Gasteiger partial charge in [-0.05, 0) is 57.7 Å². The van der Waals surface area contributed by atoms with Crippen LogP contribution in [-0.4, -0.2) is 38.3 Å². The van der Waals surface area contributed by atoms with Gasteiger partial charge in [-0.3, -0.25) is 0 Å². The average molecular weight is 183 g/mol. The van der Waals surface area contributed by atoms with Crippen molar-refractivity contribution in [3.63, 3.8) is 0 Å². The summed E-state index contributed by atoms with van der Waals surface area (Å²) in [5.74, 6) is 1.97.